The molecule has 0 saturated heterocycles. The minimum Gasteiger partial charge on any atom is -0.290 e. The van der Waals surface area contributed by atoms with Crippen LogP contribution in [0.4, 0.5) is 4.39 Å². The topological polar surface area (TPSA) is 50.7 Å². The molecule has 4 nitrogen and oxygen atoms in total. The number of rotatable bonds is 3. The van der Waals surface area contributed by atoms with E-state index in [0.717, 1.165) is 16.7 Å². The van der Waals surface area contributed by atoms with Gasteiger partial charge in [0.25, 0.3) is 0 Å². The van der Waals surface area contributed by atoms with Gasteiger partial charge in [-0.05, 0) is 43.2 Å². The number of hydrogen-bond donors (Lipinski definition) is 1. The summed E-state index contributed by atoms with van der Waals surface area (Å²) >= 11 is 0. The molecule has 0 aliphatic rings. The molecule has 0 radical (unpaired) electrons. The molecule has 1 N–H and O–H groups in total. The number of imidazole rings is 1. The van der Waals surface area contributed by atoms with E-state index < -0.39 is 0 Å². The average molecular weight is 347 g/mol. The van der Waals surface area contributed by atoms with Gasteiger partial charge < -0.3 is 0 Å². The van der Waals surface area contributed by atoms with E-state index in [0.29, 0.717) is 11.2 Å². The lowest BCUT2D eigenvalue weighted by Crippen LogP contribution is -2.17. The van der Waals surface area contributed by atoms with Crippen LogP contribution in [0.1, 0.15) is 16.7 Å². The number of nitrogens with one attached hydrogen (secondary N) is 1. The van der Waals surface area contributed by atoms with Crippen LogP contribution in [0.5, 0.6) is 0 Å². The molecular weight excluding hydrogens is 329 g/mol. The number of nitrogens with zero attached hydrogens (tertiary/aromatic N) is 2. The van der Waals surface area contributed by atoms with Gasteiger partial charge in [0.05, 0.1) is 12.1 Å². The van der Waals surface area contributed by atoms with Crippen molar-refractivity contribution in [1.82, 2.24) is 14.5 Å². The average Bonchev–Trinajstić information content (AvgIpc) is 2.89. The largest absolute Gasteiger partial charge is 0.327 e. The van der Waals surface area contributed by atoms with Crippen molar-refractivity contribution in [2.24, 2.45) is 0 Å². The van der Waals surface area contributed by atoms with E-state index in [1.54, 1.807) is 22.9 Å². The highest BCUT2D eigenvalue weighted by Gasteiger charge is 2.11. The van der Waals surface area contributed by atoms with E-state index in [4.69, 9.17) is 0 Å². The molecule has 0 aliphatic carbocycles. The van der Waals surface area contributed by atoms with Crippen molar-refractivity contribution in [3.8, 4) is 11.1 Å². The van der Waals surface area contributed by atoms with Crippen molar-refractivity contribution in [2.45, 2.75) is 20.4 Å². The van der Waals surface area contributed by atoms with Crippen LogP contribution in [-0.2, 0) is 6.54 Å². The van der Waals surface area contributed by atoms with Gasteiger partial charge in [0.2, 0.25) is 0 Å². The molecule has 0 unspecified atom stereocenters. The molecule has 2 aromatic heterocycles. The third-order valence-electron chi connectivity index (χ3n) is 4.41. The van der Waals surface area contributed by atoms with Crippen LogP contribution in [0.2, 0.25) is 0 Å². The number of aromatic nitrogens is 3. The Labute approximate surface area is 150 Å². The standard InChI is InChI=1S/C21H18FN3O/c1-13-6-14(2)8-16(7-13)17-10-19-20(23-11-17)24-21(26)25(19)12-15-4-3-5-18(22)9-15/h3-11H,12H2,1-2H3,(H,23,24,26). The van der Waals surface area contributed by atoms with Crippen LogP contribution in [0.15, 0.2) is 59.5 Å². The zero-order chi connectivity index (χ0) is 18.3. The van der Waals surface area contributed by atoms with Gasteiger partial charge in [0.1, 0.15) is 5.82 Å². The number of pyridine rings is 1. The Hall–Kier alpha value is -3.21. The molecule has 0 atom stereocenters. The van der Waals surface area contributed by atoms with Crippen LogP contribution in [-0.4, -0.2) is 14.5 Å². The van der Waals surface area contributed by atoms with Gasteiger partial charge in [-0.15, -0.1) is 0 Å². The second-order valence-corrected chi connectivity index (χ2v) is 6.61. The first-order chi connectivity index (χ1) is 12.5. The maximum atomic E-state index is 13.5. The Morgan fingerprint density at radius 3 is 2.54 bits per heavy atom. The van der Waals surface area contributed by atoms with Crippen LogP contribution in [0, 0.1) is 19.7 Å². The number of fused-ring (bicyclic) bond motifs is 1. The molecule has 0 spiro atoms. The third kappa shape index (κ3) is 3.04. The highest BCUT2D eigenvalue weighted by molar-refractivity contribution is 5.78. The van der Waals surface area contributed by atoms with E-state index >= 15 is 0 Å². The van der Waals surface area contributed by atoms with Crippen LogP contribution in [0.3, 0.4) is 0 Å². The summed E-state index contributed by atoms with van der Waals surface area (Å²) in [7, 11) is 0. The number of halogens is 1. The van der Waals surface area contributed by atoms with Crippen molar-refractivity contribution in [1.29, 1.82) is 0 Å². The summed E-state index contributed by atoms with van der Waals surface area (Å²) in [5.41, 5.74) is 6.05. The molecule has 0 bridgehead atoms. The van der Waals surface area contributed by atoms with Gasteiger partial charge in [-0.3, -0.25) is 9.55 Å². The molecule has 130 valence electrons. The first-order valence-electron chi connectivity index (χ1n) is 8.41. The first-order valence-corrected chi connectivity index (χ1v) is 8.41. The van der Waals surface area contributed by atoms with Gasteiger partial charge >= 0.3 is 5.69 Å². The molecule has 5 heteroatoms. The molecular formula is C21H18FN3O. The molecule has 2 aromatic carbocycles. The lowest BCUT2D eigenvalue weighted by molar-refractivity contribution is 0.623. The number of hydrogen-bond acceptors (Lipinski definition) is 2. The summed E-state index contributed by atoms with van der Waals surface area (Å²) in [6, 6.07) is 14.5. The van der Waals surface area contributed by atoms with Crippen molar-refractivity contribution in [3.63, 3.8) is 0 Å². The first kappa shape index (κ1) is 16.3. The minimum absolute atomic E-state index is 0.255. The van der Waals surface area contributed by atoms with E-state index in [1.807, 2.05) is 6.07 Å². The smallest absolute Gasteiger partial charge is 0.290 e. The SMILES string of the molecule is Cc1cc(C)cc(-c2cnc3[nH]c(=O)n(Cc4cccc(F)c4)c3c2)c1. The zero-order valence-electron chi connectivity index (χ0n) is 14.6. The van der Waals surface area contributed by atoms with Crippen molar-refractivity contribution in [2.75, 3.05) is 0 Å². The lowest BCUT2D eigenvalue weighted by Gasteiger charge is -2.07. The summed E-state index contributed by atoms with van der Waals surface area (Å²) < 4.78 is 15.1. The second-order valence-electron chi connectivity index (χ2n) is 6.61. The van der Waals surface area contributed by atoms with Crippen LogP contribution < -0.4 is 5.69 Å². The number of benzene rings is 2. The summed E-state index contributed by atoms with van der Waals surface area (Å²) in [6.45, 7) is 4.39. The molecule has 26 heavy (non-hydrogen) atoms. The van der Waals surface area contributed by atoms with Gasteiger partial charge in [-0.25, -0.2) is 14.2 Å². The molecule has 4 rings (SSSR count). The highest BCUT2D eigenvalue weighted by atomic mass is 19.1. The molecule has 0 saturated carbocycles. The van der Waals surface area contributed by atoms with Crippen LogP contribution >= 0.6 is 0 Å². The van der Waals surface area contributed by atoms with Gasteiger partial charge in [-0.2, -0.15) is 0 Å². The molecule has 4 aromatic rings. The van der Waals surface area contributed by atoms with Crippen LogP contribution in [0.25, 0.3) is 22.3 Å². The summed E-state index contributed by atoms with van der Waals surface area (Å²) in [4.78, 5) is 19.5. The molecule has 0 amide bonds. The number of aromatic amines is 1. The predicted octanol–water partition coefficient (Wildman–Crippen LogP) is 4.20. The Morgan fingerprint density at radius 1 is 1.04 bits per heavy atom. The maximum absolute atomic E-state index is 13.5. The van der Waals surface area contributed by atoms with E-state index in [2.05, 4.69) is 42.0 Å². The van der Waals surface area contributed by atoms with E-state index in [1.165, 1.54) is 23.3 Å². The van der Waals surface area contributed by atoms with E-state index in [9.17, 15) is 9.18 Å². The monoisotopic (exact) mass is 347 g/mol. The Bertz CT molecular complexity index is 1150. The van der Waals surface area contributed by atoms with Gasteiger partial charge in [-0.1, -0.05) is 41.5 Å². The Kier molecular flexibility index (Phi) is 3.92. The second kappa shape index (κ2) is 6.26. The fourth-order valence-electron chi connectivity index (χ4n) is 3.31. The fourth-order valence-corrected chi connectivity index (χ4v) is 3.31. The molecule has 0 fully saturated rings. The van der Waals surface area contributed by atoms with Gasteiger partial charge in [0, 0.05) is 11.8 Å². The maximum Gasteiger partial charge on any atom is 0.327 e. The lowest BCUT2D eigenvalue weighted by atomic mass is 10.0. The number of H-pyrrole nitrogens is 1. The van der Waals surface area contributed by atoms with Crippen molar-refractivity contribution < 1.29 is 4.39 Å². The zero-order valence-corrected chi connectivity index (χ0v) is 14.6. The Morgan fingerprint density at radius 2 is 1.81 bits per heavy atom. The number of aryl methyl sites for hydroxylation is 2. The Balaban J connectivity index is 1.83. The van der Waals surface area contributed by atoms with Gasteiger partial charge in [0.15, 0.2) is 5.65 Å². The predicted molar refractivity (Wildman–Crippen MR) is 101 cm³/mol. The minimum atomic E-state index is -0.315. The summed E-state index contributed by atoms with van der Waals surface area (Å²) in [5, 5.41) is 0. The summed E-state index contributed by atoms with van der Waals surface area (Å²) in [6.07, 6.45) is 1.76. The molecule has 0 aliphatic heterocycles. The molecule has 2 heterocycles. The normalized spacial score (nSPS) is 11.2. The van der Waals surface area contributed by atoms with Crippen molar-refractivity contribution in [3.05, 3.63) is 87.7 Å². The fraction of sp³-hybridized carbons (Fsp3) is 0.143. The highest BCUT2D eigenvalue weighted by Crippen LogP contribution is 2.24. The summed E-state index contributed by atoms with van der Waals surface area (Å²) in [5.74, 6) is -0.315. The quantitative estimate of drug-likeness (QED) is 0.604. The van der Waals surface area contributed by atoms with E-state index in [-0.39, 0.29) is 18.1 Å². The third-order valence-corrected chi connectivity index (χ3v) is 4.41. The van der Waals surface area contributed by atoms with Crippen molar-refractivity contribution >= 4 is 11.2 Å².